The van der Waals surface area contributed by atoms with Gasteiger partial charge >= 0.3 is 0 Å². The minimum absolute atomic E-state index is 0.802. The first-order valence-electron chi connectivity index (χ1n) is 8.94. The normalized spacial score (nSPS) is 10.7. The predicted molar refractivity (Wildman–Crippen MR) is 117 cm³/mol. The van der Waals surface area contributed by atoms with Crippen molar-refractivity contribution in [2.75, 3.05) is 10.6 Å². The minimum atomic E-state index is 0.802. The first kappa shape index (κ1) is 17.8. The van der Waals surface area contributed by atoms with E-state index in [9.17, 15) is 0 Å². The Labute approximate surface area is 167 Å². The number of rotatable bonds is 8. The van der Waals surface area contributed by atoms with Crippen LogP contribution in [0.25, 0.3) is 0 Å². The summed E-state index contributed by atoms with van der Waals surface area (Å²) in [7, 11) is 0. The lowest BCUT2D eigenvalue weighted by Crippen LogP contribution is -1.98. The topological polar surface area (TPSA) is 37.0 Å². The molecule has 0 saturated heterocycles. The molecule has 4 rings (SSSR count). The Hall–Kier alpha value is -2.63. The van der Waals surface area contributed by atoms with E-state index in [1.807, 2.05) is 12.1 Å². The van der Waals surface area contributed by atoms with Crippen molar-refractivity contribution >= 4 is 32.8 Å². The van der Waals surface area contributed by atoms with E-state index in [-0.39, 0.29) is 0 Å². The molecule has 5 heteroatoms. The van der Waals surface area contributed by atoms with E-state index in [1.165, 1.54) is 21.0 Å². The minimum Gasteiger partial charge on any atom is -0.373 e. The molecule has 0 saturated carbocycles. The number of nitrogens with one attached hydrogen (secondary N) is 2. The fourth-order valence-corrected chi connectivity index (χ4v) is 4.34. The molecule has 0 radical (unpaired) electrons. The van der Waals surface area contributed by atoms with Crippen LogP contribution in [0.5, 0.6) is 0 Å². The van der Waals surface area contributed by atoms with Crippen molar-refractivity contribution in [3.63, 3.8) is 0 Å². The third kappa shape index (κ3) is 5.18. The van der Waals surface area contributed by atoms with Crippen molar-refractivity contribution < 1.29 is 0 Å². The average molecular weight is 392 g/mol. The van der Waals surface area contributed by atoms with Gasteiger partial charge in [0.1, 0.15) is 0 Å². The van der Waals surface area contributed by atoms with Crippen LogP contribution in [-0.2, 0) is 19.5 Å². The van der Waals surface area contributed by atoms with Gasteiger partial charge in [-0.3, -0.25) is 0 Å². The summed E-state index contributed by atoms with van der Waals surface area (Å²) in [5.74, 6) is 0. The molecular weight excluding hydrogens is 370 g/mol. The van der Waals surface area contributed by atoms with Crippen LogP contribution in [0.3, 0.4) is 0 Å². The summed E-state index contributed by atoms with van der Waals surface area (Å²) in [5, 5.41) is 11.2. The van der Waals surface area contributed by atoms with Crippen molar-refractivity contribution in [3.05, 3.63) is 99.9 Å². The summed E-state index contributed by atoms with van der Waals surface area (Å²) in [6.07, 6.45) is 0.881. The van der Waals surface area contributed by atoms with Crippen LogP contribution in [0.4, 0.5) is 10.1 Å². The maximum atomic E-state index is 4.70. The van der Waals surface area contributed by atoms with Crippen LogP contribution in [0, 0.1) is 0 Å². The number of benzene rings is 2. The SMILES string of the molecule is c1ccc(CNc2ccc(CNc3nc(Cc4ccccc4)cs3)s2)cc1. The van der Waals surface area contributed by atoms with Gasteiger partial charge in [-0.15, -0.1) is 22.7 Å². The molecule has 0 atom stereocenters. The zero-order valence-corrected chi connectivity index (χ0v) is 16.5. The van der Waals surface area contributed by atoms with Gasteiger partial charge in [-0.2, -0.15) is 0 Å². The smallest absolute Gasteiger partial charge is 0.183 e. The maximum absolute atomic E-state index is 4.70. The van der Waals surface area contributed by atoms with Crippen LogP contribution in [0.1, 0.15) is 21.7 Å². The fourth-order valence-electron chi connectivity index (χ4n) is 2.79. The van der Waals surface area contributed by atoms with Crippen LogP contribution in [0.15, 0.2) is 78.2 Å². The summed E-state index contributed by atoms with van der Waals surface area (Å²) < 4.78 is 0. The van der Waals surface area contributed by atoms with E-state index >= 15 is 0 Å². The summed E-state index contributed by atoms with van der Waals surface area (Å²) in [6.45, 7) is 1.65. The molecule has 4 aromatic rings. The maximum Gasteiger partial charge on any atom is 0.183 e. The lowest BCUT2D eigenvalue weighted by atomic mass is 10.1. The molecule has 0 aliphatic rings. The van der Waals surface area contributed by atoms with Crippen molar-refractivity contribution in [2.45, 2.75) is 19.5 Å². The van der Waals surface area contributed by atoms with E-state index in [1.54, 1.807) is 22.7 Å². The highest BCUT2D eigenvalue weighted by molar-refractivity contribution is 7.16. The lowest BCUT2D eigenvalue weighted by Gasteiger charge is -2.03. The van der Waals surface area contributed by atoms with Crippen molar-refractivity contribution in [3.8, 4) is 0 Å². The zero-order valence-electron chi connectivity index (χ0n) is 14.9. The monoisotopic (exact) mass is 391 g/mol. The first-order chi connectivity index (χ1) is 13.3. The van der Waals surface area contributed by atoms with Gasteiger partial charge in [-0.25, -0.2) is 4.98 Å². The second-order valence-electron chi connectivity index (χ2n) is 6.27. The van der Waals surface area contributed by atoms with Crippen LogP contribution in [-0.4, -0.2) is 4.98 Å². The highest BCUT2D eigenvalue weighted by atomic mass is 32.1. The van der Waals surface area contributed by atoms with E-state index in [0.717, 1.165) is 30.3 Å². The molecule has 2 N–H and O–H groups in total. The largest absolute Gasteiger partial charge is 0.373 e. The molecule has 136 valence electrons. The molecule has 0 aliphatic heterocycles. The van der Waals surface area contributed by atoms with E-state index in [4.69, 9.17) is 4.98 Å². The van der Waals surface area contributed by atoms with Gasteiger partial charge in [-0.1, -0.05) is 60.7 Å². The number of hydrogen-bond acceptors (Lipinski definition) is 5. The molecule has 0 amide bonds. The third-order valence-corrected chi connectivity index (χ3v) is 6.06. The number of aromatic nitrogens is 1. The van der Waals surface area contributed by atoms with Crippen LogP contribution >= 0.6 is 22.7 Å². The second-order valence-corrected chi connectivity index (χ2v) is 8.29. The van der Waals surface area contributed by atoms with E-state index < -0.39 is 0 Å². The summed E-state index contributed by atoms with van der Waals surface area (Å²) in [4.78, 5) is 6.00. The molecule has 27 heavy (non-hydrogen) atoms. The number of anilines is 2. The Kier molecular flexibility index (Phi) is 5.82. The van der Waals surface area contributed by atoms with Gasteiger partial charge in [0.2, 0.25) is 0 Å². The Morgan fingerprint density at radius 1 is 0.741 bits per heavy atom. The number of nitrogens with zero attached hydrogens (tertiary/aromatic N) is 1. The van der Waals surface area contributed by atoms with Gasteiger partial charge in [0.25, 0.3) is 0 Å². The summed E-state index contributed by atoms with van der Waals surface area (Å²) in [5.41, 5.74) is 3.70. The molecule has 0 bridgehead atoms. The molecule has 2 aromatic heterocycles. The quantitative estimate of drug-likeness (QED) is 0.386. The Bertz CT molecular complexity index is 961. The van der Waals surface area contributed by atoms with E-state index in [0.29, 0.717) is 0 Å². The molecule has 0 fully saturated rings. The van der Waals surface area contributed by atoms with Gasteiger partial charge < -0.3 is 10.6 Å². The average Bonchev–Trinajstić information content (AvgIpc) is 3.36. The fraction of sp³-hybridized carbons (Fsp3) is 0.136. The molecule has 0 aliphatic carbocycles. The highest BCUT2D eigenvalue weighted by Crippen LogP contribution is 2.24. The summed E-state index contributed by atoms with van der Waals surface area (Å²) in [6, 6.07) is 25.2. The zero-order chi connectivity index (χ0) is 18.3. The van der Waals surface area contributed by atoms with Crippen molar-refractivity contribution in [2.24, 2.45) is 0 Å². The van der Waals surface area contributed by atoms with Gasteiger partial charge in [0.15, 0.2) is 5.13 Å². The van der Waals surface area contributed by atoms with Gasteiger partial charge in [0, 0.05) is 23.2 Å². The molecule has 3 nitrogen and oxygen atoms in total. The molecular formula is C22H21N3S2. The molecule has 2 heterocycles. The van der Waals surface area contributed by atoms with E-state index in [2.05, 4.69) is 76.7 Å². The Morgan fingerprint density at radius 2 is 1.48 bits per heavy atom. The number of thiazole rings is 1. The molecule has 0 spiro atoms. The third-order valence-electron chi connectivity index (χ3n) is 4.16. The Balaban J connectivity index is 1.27. The van der Waals surface area contributed by atoms with Crippen LogP contribution < -0.4 is 10.6 Å². The standard InChI is InChI=1S/C22H21N3S2/c1-3-7-17(8-4-1)13-19-16-26-22(25-19)24-15-20-11-12-21(27-20)23-14-18-9-5-2-6-10-18/h1-12,16,23H,13-15H2,(H,24,25). The van der Waals surface area contributed by atoms with Crippen molar-refractivity contribution in [1.82, 2.24) is 4.98 Å². The Morgan fingerprint density at radius 3 is 2.26 bits per heavy atom. The molecule has 0 unspecified atom stereocenters. The lowest BCUT2D eigenvalue weighted by molar-refractivity contribution is 1.08. The molecule has 2 aromatic carbocycles. The second kappa shape index (κ2) is 8.84. The summed E-state index contributed by atoms with van der Waals surface area (Å²) >= 11 is 3.45. The van der Waals surface area contributed by atoms with Gasteiger partial charge in [0.05, 0.1) is 17.2 Å². The highest BCUT2D eigenvalue weighted by Gasteiger charge is 2.05. The van der Waals surface area contributed by atoms with Crippen LogP contribution in [0.2, 0.25) is 0 Å². The first-order valence-corrected chi connectivity index (χ1v) is 10.6. The number of hydrogen-bond donors (Lipinski definition) is 2. The number of thiophene rings is 1. The van der Waals surface area contributed by atoms with Gasteiger partial charge in [-0.05, 0) is 23.3 Å². The van der Waals surface area contributed by atoms with Crippen molar-refractivity contribution in [1.29, 1.82) is 0 Å². The predicted octanol–water partition coefficient (Wildman–Crippen LogP) is 6.02.